The van der Waals surface area contributed by atoms with Gasteiger partial charge in [-0.15, -0.1) is 0 Å². The number of methoxy groups -OCH3 is 1. The molecule has 16 nitrogen and oxygen atoms in total. The van der Waals surface area contributed by atoms with Crippen LogP contribution in [0.15, 0.2) is 77.8 Å². The van der Waals surface area contributed by atoms with Crippen molar-refractivity contribution in [1.29, 1.82) is 0 Å². The molecular formula is C35H38N6O10S. The molecule has 0 aliphatic carbocycles. The zero-order chi connectivity index (χ0) is 37.2. The lowest BCUT2D eigenvalue weighted by molar-refractivity contribution is -0.385. The molecule has 3 aromatic rings. The van der Waals surface area contributed by atoms with Crippen molar-refractivity contribution >= 4 is 47.1 Å². The van der Waals surface area contributed by atoms with E-state index >= 15 is 0 Å². The summed E-state index contributed by atoms with van der Waals surface area (Å²) in [7, 11) is 1.61. The molecule has 0 bridgehead atoms. The third kappa shape index (κ3) is 9.96. The highest BCUT2D eigenvalue weighted by Gasteiger charge is 2.43. The van der Waals surface area contributed by atoms with Crippen LogP contribution < -0.4 is 4.74 Å². The van der Waals surface area contributed by atoms with Gasteiger partial charge in [0.05, 0.1) is 17.0 Å². The molecule has 3 amide bonds. The molecule has 0 aromatic heterocycles. The highest BCUT2D eigenvalue weighted by Crippen LogP contribution is 2.32. The molecule has 0 spiro atoms. The Labute approximate surface area is 303 Å². The number of carbonyl (C=O) groups excluding carboxylic acids is 3. The molecule has 5 rings (SSSR count). The van der Waals surface area contributed by atoms with E-state index in [0.717, 1.165) is 11.3 Å². The molecule has 274 valence electrons. The zero-order valence-corrected chi connectivity index (χ0v) is 29.4. The number of amides is 3. The highest BCUT2D eigenvalue weighted by atomic mass is 32.2. The fourth-order valence-electron chi connectivity index (χ4n) is 5.79. The number of nitro benzene ring substituents is 2. The number of rotatable bonds is 11. The Hall–Kier alpha value is -5.71. The predicted molar refractivity (Wildman–Crippen MR) is 191 cm³/mol. The average Bonchev–Trinajstić information content (AvgIpc) is 3.60. The number of aliphatic imine (C=N–C) groups is 1. The quantitative estimate of drug-likeness (QED) is 0.105. The van der Waals surface area contributed by atoms with Crippen molar-refractivity contribution in [3.63, 3.8) is 0 Å². The van der Waals surface area contributed by atoms with Crippen LogP contribution in [-0.2, 0) is 33.2 Å². The topological polar surface area (TPSA) is 187 Å². The van der Waals surface area contributed by atoms with Crippen molar-refractivity contribution in [3.8, 4) is 5.75 Å². The van der Waals surface area contributed by atoms with E-state index in [1.807, 2.05) is 29.2 Å². The van der Waals surface area contributed by atoms with Crippen LogP contribution in [0.2, 0.25) is 0 Å². The minimum absolute atomic E-state index is 0.0318. The van der Waals surface area contributed by atoms with Crippen LogP contribution in [0.3, 0.4) is 0 Å². The lowest BCUT2D eigenvalue weighted by atomic mass is 10.1. The molecular weight excluding hydrogens is 696 g/mol. The van der Waals surface area contributed by atoms with Gasteiger partial charge in [0, 0.05) is 68.0 Å². The van der Waals surface area contributed by atoms with Gasteiger partial charge in [-0.25, -0.2) is 9.59 Å². The van der Waals surface area contributed by atoms with Crippen LogP contribution in [0.5, 0.6) is 5.75 Å². The van der Waals surface area contributed by atoms with Crippen LogP contribution in [-0.4, -0.2) is 99.6 Å². The van der Waals surface area contributed by atoms with E-state index in [-0.39, 0.29) is 35.7 Å². The first-order valence-corrected chi connectivity index (χ1v) is 17.5. The van der Waals surface area contributed by atoms with E-state index in [2.05, 4.69) is 4.99 Å². The number of nitrogens with zero attached hydrogens (tertiary/aromatic N) is 6. The summed E-state index contributed by atoms with van der Waals surface area (Å²) in [6.07, 6.45) is -1.01. The van der Waals surface area contributed by atoms with Gasteiger partial charge >= 0.3 is 12.2 Å². The van der Waals surface area contributed by atoms with E-state index in [1.165, 1.54) is 53.4 Å². The monoisotopic (exact) mass is 734 g/mol. The van der Waals surface area contributed by atoms with Gasteiger partial charge in [0.2, 0.25) is 5.91 Å². The SMILES string of the molecule is COc1ccc(CSC2CC(C(=O)N3CCN(C(C)=NC(=O)OCc4ccc([N+](=O)[O-])cc4)CC3)N(C(=O)OCc3ccc([N+](=O)[O-])cc3)C2)cc1. The van der Waals surface area contributed by atoms with E-state index in [1.54, 1.807) is 30.7 Å². The normalized spacial score (nSPS) is 17.4. The molecule has 2 aliphatic heterocycles. The number of nitro groups is 2. The molecule has 2 aliphatic rings. The lowest BCUT2D eigenvalue weighted by Crippen LogP contribution is -2.55. The summed E-state index contributed by atoms with van der Waals surface area (Å²) in [6, 6.07) is 18.4. The molecule has 2 heterocycles. The maximum Gasteiger partial charge on any atom is 0.435 e. The maximum absolute atomic E-state index is 13.9. The van der Waals surface area contributed by atoms with E-state index in [9.17, 15) is 34.6 Å². The zero-order valence-electron chi connectivity index (χ0n) is 28.6. The van der Waals surface area contributed by atoms with Gasteiger partial charge in [0.1, 0.15) is 30.8 Å². The predicted octanol–water partition coefficient (Wildman–Crippen LogP) is 5.42. The van der Waals surface area contributed by atoms with Crippen molar-refractivity contribution in [1.82, 2.24) is 14.7 Å². The summed E-state index contributed by atoms with van der Waals surface area (Å²) in [4.78, 5) is 69.6. The summed E-state index contributed by atoms with van der Waals surface area (Å²) in [5, 5.41) is 21.8. The smallest absolute Gasteiger partial charge is 0.435 e. The third-order valence-corrected chi connectivity index (χ3v) is 10.1. The van der Waals surface area contributed by atoms with Crippen molar-refractivity contribution in [3.05, 3.63) is 110 Å². The van der Waals surface area contributed by atoms with Gasteiger partial charge in [0.15, 0.2) is 0 Å². The summed E-state index contributed by atoms with van der Waals surface area (Å²) in [6.45, 7) is 3.28. The van der Waals surface area contributed by atoms with Gasteiger partial charge in [-0.05, 0) is 66.4 Å². The number of carbonyl (C=O) groups is 3. The molecule has 2 saturated heterocycles. The van der Waals surface area contributed by atoms with Crippen molar-refractivity contribution in [2.45, 2.75) is 43.6 Å². The molecule has 2 atom stereocenters. The number of hydrogen-bond acceptors (Lipinski definition) is 11. The number of benzene rings is 3. The number of likely N-dealkylation sites (tertiary alicyclic amines) is 1. The molecule has 17 heteroatoms. The summed E-state index contributed by atoms with van der Waals surface area (Å²) in [5.41, 5.74) is 2.10. The Balaban J connectivity index is 1.17. The first-order chi connectivity index (χ1) is 25.0. The third-order valence-electron chi connectivity index (χ3n) is 8.75. The van der Waals surface area contributed by atoms with Crippen molar-refractivity contribution in [2.24, 2.45) is 4.99 Å². The average molecular weight is 735 g/mol. The van der Waals surface area contributed by atoms with E-state index in [4.69, 9.17) is 14.2 Å². The molecule has 2 unspecified atom stereocenters. The van der Waals surface area contributed by atoms with Gasteiger partial charge in [-0.1, -0.05) is 12.1 Å². The Morgan fingerprint density at radius 3 is 1.85 bits per heavy atom. The number of non-ortho nitro benzene ring substituents is 2. The van der Waals surface area contributed by atoms with Crippen LogP contribution in [0.4, 0.5) is 21.0 Å². The summed E-state index contributed by atoms with van der Waals surface area (Å²) in [5.74, 6) is 1.66. The number of piperazine rings is 1. The van der Waals surface area contributed by atoms with Crippen molar-refractivity contribution in [2.75, 3.05) is 39.8 Å². The van der Waals surface area contributed by atoms with Crippen LogP contribution >= 0.6 is 11.8 Å². The standard InChI is InChI=1S/C35H38N6O10S/c1-24(36-34(43)50-21-25-3-9-28(10-4-25)40(45)46)37-15-17-38(18-16-37)33(42)32-19-31(52-23-27-7-13-30(49-2)14-8-27)20-39(32)35(44)51-22-26-5-11-29(12-6-26)41(47)48/h3-14,31-32H,15-23H2,1-2H3. The van der Waals surface area contributed by atoms with E-state index in [0.29, 0.717) is 61.9 Å². The first kappa shape index (κ1) is 37.5. The fourth-order valence-corrected chi connectivity index (χ4v) is 6.99. The molecule has 2 fully saturated rings. The first-order valence-electron chi connectivity index (χ1n) is 16.4. The second-order valence-corrected chi connectivity index (χ2v) is 13.4. The minimum Gasteiger partial charge on any atom is -0.497 e. The number of hydrogen-bond donors (Lipinski definition) is 0. The number of ether oxygens (including phenoxy) is 3. The Morgan fingerprint density at radius 1 is 0.788 bits per heavy atom. The fraction of sp³-hybridized carbons (Fsp3) is 0.371. The molecule has 0 N–H and O–H groups in total. The molecule has 0 saturated carbocycles. The summed E-state index contributed by atoms with van der Waals surface area (Å²) >= 11 is 1.65. The van der Waals surface area contributed by atoms with Crippen molar-refractivity contribution < 1.29 is 38.4 Å². The van der Waals surface area contributed by atoms with E-state index < -0.39 is 28.1 Å². The second-order valence-electron chi connectivity index (χ2n) is 12.1. The highest BCUT2D eigenvalue weighted by molar-refractivity contribution is 7.99. The van der Waals surface area contributed by atoms with Gasteiger partial charge < -0.3 is 24.0 Å². The maximum atomic E-state index is 13.9. The number of thioether (sulfide) groups is 1. The van der Waals surface area contributed by atoms with Gasteiger partial charge in [-0.2, -0.15) is 16.8 Å². The second kappa shape index (κ2) is 17.5. The summed E-state index contributed by atoms with van der Waals surface area (Å²) < 4.78 is 16.0. The lowest BCUT2D eigenvalue weighted by Gasteiger charge is -2.37. The van der Waals surface area contributed by atoms with Gasteiger partial charge in [-0.3, -0.25) is 29.9 Å². The minimum atomic E-state index is -0.804. The molecule has 3 aromatic carbocycles. The van der Waals surface area contributed by atoms with Crippen LogP contribution in [0.1, 0.15) is 30.0 Å². The number of amidine groups is 1. The Kier molecular flexibility index (Phi) is 12.6. The largest absolute Gasteiger partial charge is 0.497 e. The Morgan fingerprint density at radius 2 is 1.31 bits per heavy atom. The molecule has 52 heavy (non-hydrogen) atoms. The Bertz CT molecular complexity index is 1780. The van der Waals surface area contributed by atoms with Gasteiger partial charge in [0.25, 0.3) is 11.4 Å². The molecule has 0 radical (unpaired) electrons. The van der Waals surface area contributed by atoms with Crippen LogP contribution in [0, 0.1) is 20.2 Å². The van der Waals surface area contributed by atoms with Crippen LogP contribution in [0.25, 0.3) is 0 Å².